The van der Waals surface area contributed by atoms with Crippen molar-refractivity contribution in [1.82, 2.24) is 4.37 Å². The van der Waals surface area contributed by atoms with Gasteiger partial charge in [0.1, 0.15) is 22.1 Å². The molecule has 2 aliphatic rings. The lowest BCUT2D eigenvalue weighted by molar-refractivity contribution is 0.0989. The number of nitrogens with zero attached hydrogens (tertiary/aromatic N) is 3. The zero-order chi connectivity index (χ0) is 25.4. The van der Waals surface area contributed by atoms with Crippen molar-refractivity contribution in [3.05, 3.63) is 73.9 Å². The molecular formula is C26H28N6O3S. The van der Waals surface area contributed by atoms with E-state index >= 15 is 0 Å². The molecule has 5 rings (SSSR count). The lowest BCUT2D eigenvalue weighted by Crippen LogP contribution is -2.29. The van der Waals surface area contributed by atoms with Gasteiger partial charge in [0.15, 0.2) is 0 Å². The first-order valence-corrected chi connectivity index (χ1v) is 12.9. The highest BCUT2D eigenvalue weighted by molar-refractivity contribution is 7.10. The third-order valence-corrected chi connectivity index (χ3v) is 7.55. The molecule has 9 nitrogen and oxygen atoms in total. The van der Waals surface area contributed by atoms with Gasteiger partial charge in [0.05, 0.1) is 0 Å². The number of fused-ring (bicyclic) bond motifs is 1. The quantitative estimate of drug-likeness (QED) is 0.226. The average Bonchev–Trinajstić information content (AvgIpc) is 3.42. The van der Waals surface area contributed by atoms with Gasteiger partial charge in [0, 0.05) is 35.1 Å². The van der Waals surface area contributed by atoms with Crippen molar-refractivity contribution >= 4 is 45.3 Å². The summed E-state index contributed by atoms with van der Waals surface area (Å²) in [5.41, 5.74) is 10.3. The van der Waals surface area contributed by atoms with E-state index in [0.717, 1.165) is 34.8 Å². The number of carbonyl (C=O) groups excluding carboxylic acids is 1. The van der Waals surface area contributed by atoms with Crippen LogP contribution in [0, 0.1) is 17.7 Å². The predicted octanol–water partition coefficient (Wildman–Crippen LogP) is 4.98. The Morgan fingerprint density at radius 3 is 2.83 bits per heavy atom. The Labute approximate surface area is 212 Å². The molecule has 1 aliphatic heterocycles. The third-order valence-electron chi connectivity index (χ3n) is 6.75. The van der Waals surface area contributed by atoms with Gasteiger partial charge in [0.25, 0.3) is 11.5 Å². The van der Waals surface area contributed by atoms with Gasteiger partial charge in [0.2, 0.25) is 0 Å². The third kappa shape index (κ3) is 4.68. The van der Waals surface area contributed by atoms with Crippen LogP contribution in [0.1, 0.15) is 53.2 Å². The smallest absolute Gasteiger partial charge is 0.271 e. The Morgan fingerprint density at radius 1 is 1.31 bits per heavy atom. The molecular weight excluding hydrogens is 476 g/mol. The number of rotatable bonds is 8. The molecule has 1 aliphatic carbocycles. The van der Waals surface area contributed by atoms with E-state index in [-0.39, 0.29) is 23.3 Å². The maximum absolute atomic E-state index is 13.4. The predicted molar refractivity (Wildman–Crippen MR) is 144 cm³/mol. The molecule has 10 heteroatoms. The van der Waals surface area contributed by atoms with Crippen molar-refractivity contribution < 1.29 is 4.79 Å². The number of nitroso groups, excluding NO2 is 1. The minimum absolute atomic E-state index is 0.0614. The zero-order valence-corrected chi connectivity index (χ0v) is 21.0. The first-order valence-electron chi connectivity index (χ1n) is 12.1. The number of amidine groups is 1. The zero-order valence-electron chi connectivity index (χ0n) is 20.2. The molecule has 1 unspecified atom stereocenters. The molecule has 186 valence electrons. The fourth-order valence-corrected chi connectivity index (χ4v) is 5.55. The van der Waals surface area contributed by atoms with E-state index in [2.05, 4.69) is 19.9 Å². The van der Waals surface area contributed by atoms with Crippen molar-refractivity contribution in [3.8, 4) is 0 Å². The number of aromatic nitrogens is 1. The fraction of sp³-hybridized carbons (Fsp3) is 0.346. The van der Waals surface area contributed by atoms with E-state index < -0.39 is 0 Å². The Balaban J connectivity index is 1.35. The number of nitrogens with two attached hydrogens (primary N) is 1. The summed E-state index contributed by atoms with van der Waals surface area (Å²) >= 11 is 1.17. The minimum atomic E-state index is -0.275. The normalized spacial score (nSPS) is 16.1. The summed E-state index contributed by atoms with van der Waals surface area (Å²) in [6, 6.07) is 10.7. The van der Waals surface area contributed by atoms with Crippen LogP contribution in [-0.2, 0) is 6.42 Å². The van der Waals surface area contributed by atoms with E-state index in [0.29, 0.717) is 34.8 Å². The van der Waals surface area contributed by atoms with Crippen LogP contribution in [0.15, 0.2) is 51.4 Å². The van der Waals surface area contributed by atoms with Gasteiger partial charge in [-0.2, -0.15) is 0 Å². The van der Waals surface area contributed by atoms with Crippen LogP contribution in [0.5, 0.6) is 0 Å². The molecule has 0 spiro atoms. The maximum atomic E-state index is 13.4. The van der Waals surface area contributed by atoms with Crippen LogP contribution >= 0.6 is 11.5 Å². The van der Waals surface area contributed by atoms with E-state index in [1.165, 1.54) is 24.4 Å². The standard InChI is InChI=1S/C26H28N6O3S/c1-14-12-17(29-25-22(24(33)31-36-25)23(27)28-15(2)13-16-6-7-16)8-9-18(14)26(34)32-11-10-19-20(30-35)4-3-5-21(19)32/h3-5,8-9,12,15-16,29H,6-7,10-11,13H2,1-2H3,(H2,27,28)(H,31,33). The lowest BCUT2D eigenvalue weighted by Gasteiger charge is -2.19. The summed E-state index contributed by atoms with van der Waals surface area (Å²) in [6.45, 7) is 4.39. The molecule has 0 radical (unpaired) electrons. The number of aryl methyl sites for hydroxylation is 1. The number of H-pyrrole nitrogens is 1. The molecule has 2 heterocycles. The molecule has 4 N–H and O–H groups in total. The summed E-state index contributed by atoms with van der Waals surface area (Å²) in [5.74, 6) is 0.819. The van der Waals surface area contributed by atoms with Crippen LogP contribution in [0.2, 0.25) is 0 Å². The van der Waals surface area contributed by atoms with Gasteiger partial charge in [-0.15, -0.1) is 4.91 Å². The van der Waals surface area contributed by atoms with E-state index in [4.69, 9.17) is 5.73 Å². The maximum Gasteiger partial charge on any atom is 0.271 e. The molecule has 3 aromatic rings. The molecule has 1 atom stereocenters. The highest BCUT2D eigenvalue weighted by Crippen LogP contribution is 2.37. The number of aromatic amines is 1. The van der Waals surface area contributed by atoms with Crippen molar-refractivity contribution in [2.75, 3.05) is 16.8 Å². The second-order valence-corrected chi connectivity index (χ2v) is 10.3. The largest absolute Gasteiger partial charge is 0.383 e. The van der Waals surface area contributed by atoms with Crippen molar-refractivity contribution in [2.45, 2.75) is 45.6 Å². The molecule has 1 aromatic heterocycles. The van der Waals surface area contributed by atoms with Crippen LogP contribution < -0.4 is 21.5 Å². The van der Waals surface area contributed by atoms with Crippen LogP contribution in [0.4, 0.5) is 22.1 Å². The lowest BCUT2D eigenvalue weighted by atomic mass is 10.1. The molecule has 2 aromatic carbocycles. The number of nitrogens with one attached hydrogen (secondary N) is 2. The monoisotopic (exact) mass is 504 g/mol. The van der Waals surface area contributed by atoms with Crippen LogP contribution in [0.3, 0.4) is 0 Å². The first kappa shape index (κ1) is 23.9. The number of hydrogen-bond donors (Lipinski definition) is 3. The average molecular weight is 505 g/mol. The minimum Gasteiger partial charge on any atom is -0.383 e. The van der Waals surface area contributed by atoms with Gasteiger partial charge in [-0.25, -0.2) is 0 Å². The summed E-state index contributed by atoms with van der Waals surface area (Å²) < 4.78 is 2.74. The van der Waals surface area contributed by atoms with Crippen LogP contribution in [-0.4, -0.2) is 28.7 Å². The number of anilines is 3. The molecule has 1 saturated carbocycles. The van der Waals surface area contributed by atoms with Crippen molar-refractivity contribution in [3.63, 3.8) is 0 Å². The second-order valence-electron chi connectivity index (χ2n) is 9.51. The summed E-state index contributed by atoms with van der Waals surface area (Å²) in [4.78, 5) is 43.2. The molecule has 1 fully saturated rings. The number of benzene rings is 2. The number of aliphatic imine (C=N–C) groups is 1. The van der Waals surface area contributed by atoms with Gasteiger partial charge in [-0.05, 0) is 85.2 Å². The fourth-order valence-electron chi connectivity index (χ4n) is 4.78. The van der Waals surface area contributed by atoms with E-state index in [1.54, 1.807) is 29.2 Å². The van der Waals surface area contributed by atoms with Gasteiger partial charge in [-0.3, -0.25) is 19.0 Å². The van der Waals surface area contributed by atoms with E-state index in [9.17, 15) is 14.5 Å². The van der Waals surface area contributed by atoms with Gasteiger partial charge in [-0.1, -0.05) is 18.9 Å². The molecule has 36 heavy (non-hydrogen) atoms. The highest BCUT2D eigenvalue weighted by atomic mass is 32.1. The number of hydrogen-bond acceptors (Lipinski definition) is 7. The second kappa shape index (κ2) is 9.69. The Hall–Kier alpha value is -3.79. The Morgan fingerprint density at radius 2 is 2.11 bits per heavy atom. The summed E-state index contributed by atoms with van der Waals surface area (Å²) in [6.07, 6.45) is 4.06. The molecule has 0 saturated heterocycles. The topological polar surface area (TPSA) is 133 Å². The number of carbonyl (C=O) groups is 1. The van der Waals surface area contributed by atoms with Crippen molar-refractivity contribution in [1.29, 1.82) is 0 Å². The van der Waals surface area contributed by atoms with E-state index in [1.807, 2.05) is 26.0 Å². The SMILES string of the molecule is Cc1cc(Nc2s[nH]c(=O)c2C(N)=NC(C)CC2CC2)ccc1C(=O)N1CCc2c(N=O)cccc21. The number of amides is 1. The Kier molecular flexibility index (Phi) is 6.44. The highest BCUT2D eigenvalue weighted by Gasteiger charge is 2.29. The van der Waals surface area contributed by atoms with Crippen molar-refractivity contribution in [2.24, 2.45) is 21.8 Å². The molecule has 0 bridgehead atoms. The van der Waals surface area contributed by atoms with Gasteiger partial charge >= 0.3 is 0 Å². The summed E-state index contributed by atoms with van der Waals surface area (Å²) in [7, 11) is 0. The summed E-state index contributed by atoms with van der Waals surface area (Å²) in [5, 5.41) is 6.94. The first-order chi connectivity index (χ1) is 17.4. The van der Waals surface area contributed by atoms with Crippen LogP contribution in [0.25, 0.3) is 0 Å². The molecule has 1 amide bonds. The van der Waals surface area contributed by atoms with Gasteiger partial charge < -0.3 is 16.0 Å². The Bertz CT molecular complexity index is 1420.